The third kappa shape index (κ3) is 3.28. The highest BCUT2D eigenvalue weighted by Crippen LogP contribution is 2.42. The van der Waals surface area contributed by atoms with Crippen LogP contribution in [0.1, 0.15) is 31.6 Å². The SMILES string of the molecule is CCNC(Cc1sccc1Br)C1(C)CCCS1. The van der Waals surface area contributed by atoms with Gasteiger partial charge in [0.25, 0.3) is 0 Å². The molecule has 96 valence electrons. The summed E-state index contributed by atoms with van der Waals surface area (Å²) >= 11 is 7.66. The maximum Gasteiger partial charge on any atom is 0.0314 e. The highest BCUT2D eigenvalue weighted by molar-refractivity contribution is 9.10. The van der Waals surface area contributed by atoms with Crippen LogP contribution in [0.15, 0.2) is 15.9 Å². The van der Waals surface area contributed by atoms with Crippen LogP contribution in [0.25, 0.3) is 0 Å². The zero-order valence-corrected chi connectivity index (χ0v) is 13.7. The van der Waals surface area contributed by atoms with E-state index >= 15 is 0 Å². The molecule has 2 rings (SSSR count). The van der Waals surface area contributed by atoms with E-state index in [9.17, 15) is 0 Å². The number of thioether (sulfide) groups is 1. The van der Waals surface area contributed by atoms with Gasteiger partial charge in [-0.25, -0.2) is 0 Å². The Balaban J connectivity index is 2.09. The van der Waals surface area contributed by atoms with Crippen molar-refractivity contribution in [2.24, 2.45) is 0 Å². The highest BCUT2D eigenvalue weighted by atomic mass is 79.9. The summed E-state index contributed by atoms with van der Waals surface area (Å²) < 4.78 is 1.69. The van der Waals surface area contributed by atoms with Gasteiger partial charge in [-0.2, -0.15) is 11.8 Å². The van der Waals surface area contributed by atoms with Crippen molar-refractivity contribution in [3.05, 3.63) is 20.8 Å². The highest BCUT2D eigenvalue weighted by Gasteiger charge is 2.37. The van der Waals surface area contributed by atoms with Crippen molar-refractivity contribution in [3.63, 3.8) is 0 Å². The average molecular weight is 334 g/mol. The Kier molecular flexibility index (Phi) is 4.98. The lowest BCUT2D eigenvalue weighted by Crippen LogP contribution is -2.46. The van der Waals surface area contributed by atoms with E-state index in [0.717, 1.165) is 13.0 Å². The molecule has 1 aromatic rings. The molecule has 0 aliphatic carbocycles. The molecule has 1 fully saturated rings. The van der Waals surface area contributed by atoms with Gasteiger partial charge in [-0.1, -0.05) is 6.92 Å². The van der Waals surface area contributed by atoms with Crippen LogP contribution in [0.2, 0.25) is 0 Å². The van der Waals surface area contributed by atoms with Gasteiger partial charge in [0, 0.05) is 20.1 Å². The first-order valence-corrected chi connectivity index (χ1v) is 8.91. The van der Waals surface area contributed by atoms with Crippen molar-refractivity contribution in [3.8, 4) is 0 Å². The van der Waals surface area contributed by atoms with E-state index in [0.29, 0.717) is 10.8 Å². The molecule has 2 atom stereocenters. The van der Waals surface area contributed by atoms with E-state index in [1.807, 2.05) is 11.3 Å². The molecule has 2 heterocycles. The van der Waals surface area contributed by atoms with E-state index in [4.69, 9.17) is 0 Å². The van der Waals surface area contributed by atoms with Gasteiger partial charge in [0.2, 0.25) is 0 Å². The second kappa shape index (κ2) is 6.09. The van der Waals surface area contributed by atoms with Gasteiger partial charge in [-0.15, -0.1) is 11.3 Å². The minimum absolute atomic E-state index is 0.416. The first-order valence-electron chi connectivity index (χ1n) is 6.25. The summed E-state index contributed by atoms with van der Waals surface area (Å²) in [4.78, 5) is 1.48. The molecule has 0 saturated carbocycles. The molecule has 1 aromatic heterocycles. The maximum atomic E-state index is 3.70. The Morgan fingerprint density at radius 3 is 2.94 bits per heavy atom. The van der Waals surface area contributed by atoms with Gasteiger partial charge in [0.1, 0.15) is 0 Å². The molecule has 4 heteroatoms. The van der Waals surface area contributed by atoms with Crippen LogP contribution in [-0.4, -0.2) is 23.1 Å². The van der Waals surface area contributed by atoms with Gasteiger partial charge >= 0.3 is 0 Å². The Labute approximate surface area is 121 Å². The first-order chi connectivity index (χ1) is 8.15. The molecule has 17 heavy (non-hydrogen) atoms. The molecular formula is C13H20BrNS2. The van der Waals surface area contributed by atoms with Crippen molar-refractivity contribution in [1.29, 1.82) is 0 Å². The third-order valence-corrected chi connectivity index (χ3v) is 7.11. The van der Waals surface area contributed by atoms with Gasteiger partial charge in [-0.05, 0) is 65.9 Å². The Morgan fingerprint density at radius 2 is 2.41 bits per heavy atom. The number of thiophene rings is 1. The number of hydrogen-bond donors (Lipinski definition) is 1. The van der Waals surface area contributed by atoms with Crippen LogP contribution in [0.5, 0.6) is 0 Å². The second-order valence-electron chi connectivity index (χ2n) is 4.77. The second-order valence-corrected chi connectivity index (χ2v) is 8.26. The normalized spacial score (nSPS) is 26.3. The van der Waals surface area contributed by atoms with E-state index in [1.165, 1.54) is 27.9 Å². The number of hydrogen-bond acceptors (Lipinski definition) is 3. The zero-order chi connectivity index (χ0) is 12.3. The average Bonchev–Trinajstić information content (AvgIpc) is 2.89. The molecule has 2 unspecified atom stereocenters. The van der Waals surface area contributed by atoms with Gasteiger partial charge in [0.15, 0.2) is 0 Å². The summed E-state index contributed by atoms with van der Waals surface area (Å²) in [5.41, 5.74) is 0. The number of halogens is 1. The third-order valence-electron chi connectivity index (χ3n) is 3.52. The van der Waals surface area contributed by atoms with E-state index in [-0.39, 0.29) is 0 Å². The Bertz CT molecular complexity index is 358. The zero-order valence-electron chi connectivity index (χ0n) is 10.5. The van der Waals surface area contributed by atoms with Gasteiger partial charge in [0.05, 0.1) is 0 Å². The predicted octanol–water partition coefficient (Wildman–Crippen LogP) is 4.32. The van der Waals surface area contributed by atoms with Crippen molar-refractivity contribution in [1.82, 2.24) is 5.32 Å². The molecule has 0 spiro atoms. The lowest BCUT2D eigenvalue weighted by atomic mass is 9.93. The molecule has 1 aliphatic rings. The van der Waals surface area contributed by atoms with Gasteiger partial charge < -0.3 is 5.32 Å². The molecule has 0 radical (unpaired) electrons. The van der Waals surface area contributed by atoms with Crippen molar-refractivity contribution >= 4 is 39.0 Å². The predicted molar refractivity (Wildman–Crippen MR) is 83.3 cm³/mol. The molecule has 1 aliphatic heterocycles. The summed E-state index contributed by atoms with van der Waals surface area (Å²) in [5, 5.41) is 5.87. The number of nitrogens with one attached hydrogen (secondary N) is 1. The molecule has 1 saturated heterocycles. The lowest BCUT2D eigenvalue weighted by molar-refractivity contribution is 0.408. The molecule has 0 bridgehead atoms. The summed E-state index contributed by atoms with van der Waals surface area (Å²) in [6.07, 6.45) is 3.86. The summed E-state index contributed by atoms with van der Waals surface area (Å²) in [6, 6.07) is 2.75. The summed E-state index contributed by atoms with van der Waals surface area (Å²) in [5.74, 6) is 1.32. The maximum absolute atomic E-state index is 3.70. The van der Waals surface area contributed by atoms with E-state index in [1.54, 1.807) is 0 Å². The molecule has 0 amide bonds. The minimum atomic E-state index is 0.416. The number of rotatable bonds is 5. The summed E-state index contributed by atoms with van der Waals surface area (Å²) in [6.45, 7) is 5.70. The van der Waals surface area contributed by atoms with Gasteiger partial charge in [-0.3, -0.25) is 0 Å². The Morgan fingerprint density at radius 1 is 1.59 bits per heavy atom. The van der Waals surface area contributed by atoms with Crippen LogP contribution < -0.4 is 5.32 Å². The smallest absolute Gasteiger partial charge is 0.0314 e. The van der Waals surface area contributed by atoms with E-state index < -0.39 is 0 Å². The van der Waals surface area contributed by atoms with Crippen molar-refractivity contribution in [2.75, 3.05) is 12.3 Å². The largest absolute Gasteiger partial charge is 0.313 e. The fourth-order valence-electron chi connectivity index (χ4n) is 2.48. The van der Waals surface area contributed by atoms with Crippen LogP contribution in [0.3, 0.4) is 0 Å². The first kappa shape index (κ1) is 13.9. The van der Waals surface area contributed by atoms with Crippen LogP contribution in [0.4, 0.5) is 0 Å². The van der Waals surface area contributed by atoms with Crippen LogP contribution in [0, 0.1) is 0 Å². The lowest BCUT2D eigenvalue weighted by Gasteiger charge is -2.34. The van der Waals surface area contributed by atoms with Crippen molar-refractivity contribution in [2.45, 2.75) is 43.9 Å². The number of likely N-dealkylation sites (N-methyl/N-ethyl adjacent to an activating group) is 1. The molecular weight excluding hydrogens is 314 g/mol. The quantitative estimate of drug-likeness (QED) is 0.861. The minimum Gasteiger partial charge on any atom is -0.313 e. The standard InChI is InChI=1S/C13H20BrNS2/c1-3-15-12(13(2)6-4-7-17-13)9-11-10(14)5-8-16-11/h5,8,12,15H,3-4,6-7,9H2,1-2H3. The Hall–Kier alpha value is 0.490. The van der Waals surface area contributed by atoms with Crippen LogP contribution >= 0.6 is 39.0 Å². The monoisotopic (exact) mass is 333 g/mol. The van der Waals surface area contributed by atoms with Crippen molar-refractivity contribution < 1.29 is 0 Å². The topological polar surface area (TPSA) is 12.0 Å². The molecule has 1 nitrogen and oxygen atoms in total. The van der Waals surface area contributed by atoms with Crippen LogP contribution in [-0.2, 0) is 6.42 Å². The molecule has 1 N–H and O–H groups in total. The summed E-state index contributed by atoms with van der Waals surface area (Å²) in [7, 11) is 0. The fraction of sp³-hybridized carbons (Fsp3) is 0.692. The fourth-order valence-corrected chi connectivity index (χ4v) is 5.45. The molecule has 0 aromatic carbocycles. The van der Waals surface area contributed by atoms with E-state index in [2.05, 4.69) is 58.3 Å².